The van der Waals surface area contributed by atoms with Crippen LogP contribution < -0.4 is 15.0 Å². The normalized spacial score (nSPS) is 20.1. The SMILES string of the molecule is CCOC(=O)[C@H]1C(=O)NC(N2CCN(c3ccc(OC)cc3)CC2)=N[C@H]1c1ccc([N+](=O)[O-])cc1. The number of amides is 1. The number of non-ortho nitro benzene ring substituents is 1. The van der Waals surface area contributed by atoms with Crippen molar-refractivity contribution >= 4 is 29.2 Å². The first kappa shape index (κ1) is 24.0. The zero-order valence-corrected chi connectivity index (χ0v) is 19.5. The first-order valence-corrected chi connectivity index (χ1v) is 11.3. The van der Waals surface area contributed by atoms with Gasteiger partial charge in [-0.3, -0.25) is 25.0 Å². The van der Waals surface area contributed by atoms with Gasteiger partial charge in [0.15, 0.2) is 5.92 Å². The van der Waals surface area contributed by atoms with E-state index in [2.05, 4.69) is 10.2 Å². The molecule has 35 heavy (non-hydrogen) atoms. The number of nitrogens with one attached hydrogen (secondary N) is 1. The third-order valence-electron chi connectivity index (χ3n) is 6.10. The second kappa shape index (κ2) is 10.4. The molecule has 0 spiro atoms. The number of nitro benzene ring substituents is 1. The minimum Gasteiger partial charge on any atom is -0.497 e. The number of piperazine rings is 1. The Morgan fingerprint density at radius 2 is 1.71 bits per heavy atom. The van der Waals surface area contributed by atoms with E-state index >= 15 is 0 Å². The Morgan fingerprint density at radius 3 is 2.29 bits per heavy atom. The van der Waals surface area contributed by atoms with E-state index in [-0.39, 0.29) is 12.3 Å². The van der Waals surface area contributed by atoms with Crippen LogP contribution in [-0.4, -0.2) is 67.6 Å². The maximum absolute atomic E-state index is 13.0. The number of ether oxygens (including phenoxy) is 2. The van der Waals surface area contributed by atoms with Crippen molar-refractivity contribution in [3.63, 3.8) is 0 Å². The summed E-state index contributed by atoms with van der Waals surface area (Å²) in [6, 6.07) is 12.7. The molecule has 2 aromatic carbocycles. The molecule has 2 aromatic rings. The zero-order chi connectivity index (χ0) is 24.9. The number of esters is 1. The highest BCUT2D eigenvalue weighted by Gasteiger charge is 2.42. The molecule has 2 heterocycles. The summed E-state index contributed by atoms with van der Waals surface area (Å²) in [6.07, 6.45) is 0. The maximum Gasteiger partial charge on any atom is 0.321 e. The molecular weight excluding hydrogens is 454 g/mol. The Morgan fingerprint density at radius 1 is 1.09 bits per heavy atom. The standard InChI is InChI=1S/C24H27N5O6/c1-3-35-23(31)20-21(16-4-6-18(7-5-16)29(32)33)25-24(26-22(20)30)28-14-12-27(13-15-28)17-8-10-19(34-2)11-9-17/h4-11,20-21H,3,12-15H2,1-2H3,(H,25,26,30)/t20-,21+/m1/s1. The van der Waals surface area contributed by atoms with Crippen LogP contribution in [0.15, 0.2) is 53.5 Å². The van der Waals surface area contributed by atoms with Crippen LogP contribution in [0.5, 0.6) is 5.75 Å². The van der Waals surface area contributed by atoms with E-state index in [1.807, 2.05) is 29.2 Å². The number of guanidine groups is 1. The highest BCUT2D eigenvalue weighted by Crippen LogP contribution is 2.32. The number of methoxy groups -OCH3 is 1. The largest absolute Gasteiger partial charge is 0.497 e. The fraction of sp³-hybridized carbons (Fsp3) is 0.375. The molecule has 1 amide bonds. The van der Waals surface area contributed by atoms with Gasteiger partial charge in [0.1, 0.15) is 11.8 Å². The van der Waals surface area contributed by atoms with Crippen molar-refractivity contribution in [2.75, 3.05) is 44.8 Å². The zero-order valence-electron chi connectivity index (χ0n) is 19.5. The Hall–Kier alpha value is -4.15. The molecule has 11 nitrogen and oxygen atoms in total. The van der Waals surface area contributed by atoms with Crippen LogP contribution in [0.2, 0.25) is 0 Å². The van der Waals surface area contributed by atoms with Crippen LogP contribution in [0.4, 0.5) is 11.4 Å². The molecule has 4 rings (SSSR count). The van der Waals surface area contributed by atoms with Gasteiger partial charge in [-0.25, -0.2) is 4.99 Å². The molecule has 0 saturated carbocycles. The molecule has 0 bridgehead atoms. The third kappa shape index (κ3) is 5.18. The third-order valence-corrected chi connectivity index (χ3v) is 6.10. The number of nitrogens with zero attached hydrogens (tertiary/aromatic N) is 4. The minimum atomic E-state index is -1.18. The topological polar surface area (TPSA) is 127 Å². The Labute approximate surface area is 202 Å². The van der Waals surface area contributed by atoms with Crippen molar-refractivity contribution in [2.24, 2.45) is 10.9 Å². The molecular formula is C24H27N5O6. The van der Waals surface area contributed by atoms with Crippen LogP contribution in [-0.2, 0) is 14.3 Å². The Balaban J connectivity index is 1.55. The van der Waals surface area contributed by atoms with Crippen molar-refractivity contribution in [3.8, 4) is 5.75 Å². The average molecular weight is 482 g/mol. The van der Waals surface area contributed by atoms with Crippen LogP contribution in [0.25, 0.3) is 0 Å². The van der Waals surface area contributed by atoms with Gasteiger partial charge in [-0.1, -0.05) is 12.1 Å². The highest BCUT2D eigenvalue weighted by atomic mass is 16.6. The molecule has 2 atom stereocenters. The summed E-state index contributed by atoms with van der Waals surface area (Å²) in [6.45, 7) is 4.44. The van der Waals surface area contributed by atoms with E-state index in [1.165, 1.54) is 24.3 Å². The fourth-order valence-corrected chi connectivity index (χ4v) is 4.23. The lowest BCUT2D eigenvalue weighted by molar-refractivity contribution is -0.384. The molecule has 0 radical (unpaired) electrons. The molecule has 0 unspecified atom stereocenters. The molecule has 2 aliphatic rings. The average Bonchev–Trinajstić information content (AvgIpc) is 2.88. The number of benzene rings is 2. The number of hydrogen-bond donors (Lipinski definition) is 1. The Kier molecular flexibility index (Phi) is 7.14. The number of carbonyl (C=O) groups excluding carboxylic acids is 2. The second-order valence-corrected chi connectivity index (χ2v) is 8.14. The van der Waals surface area contributed by atoms with Crippen molar-refractivity contribution in [1.29, 1.82) is 0 Å². The molecule has 0 aliphatic carbocycles. The van der Waals surface area contributed by atoms with Gasteiger partial charge >= 0.3 is 5.97 Å². The molecule has 1 fully saturated rings. The maximum atomic E-state index is 13.0. The van der Waals surface area contributed by atoms with Gasteiger partial charge in [-0.15, -0.1) is 0 Å². The summed E-state index contributed by atoms with van der Waals surface area (Å²) >= 11 is 0. The number of rotatable bonds is 6. The van der Waals surface area contributed by atoms with E-state index in [1.54, 1.807) is 14.0 Å². The van der Waals surface area contributed by atoms with Crippen LogP contribution >= 0.6 is 0 Å². The van der Waals surface area contributed by atoms with Gasteiger partial charge in [-0.05, 0) is 36.8 Å². The molecule has 1 N–H and O–H groups in total. The first-order chi connectivity index (χ1) is 16.9. The van der Waals surface area contributed by atoms with E-state index in [4.69, 9.17) is 14.5 Å². The second-order valence-electron chi connectivity index (χ2n) is 8.14. The summed E-state index contributed by atoms with van der Waals surface area (Å²) in [5.74, 6) is -1.19. The quantitative estimate of drug-likeness (QED) is 0.288. The van der Waals surface area contributed by atoms with E-state index in [0.29, 0.717) is 37.7 Å². The first-order valence-electron chi connectivity index (χ1n) is 11.3. The fourth-order valence-electron chi connectivity index (χ4n) is 4.23. The lowest BCUT2D eigenvalue weighted by Crippen LogP contribution is -2.57. The molecule has 2 aliphatic heterocycles. The van der Waals surface area contributed by atoms with Crippen LogP contribution in [0, 0.1) is 16.0 Å². The number of anilines is 1. The van der Waals surface area contributed by atoms with Crippen molar-refractivity contribution in [1.82, 2.24) is 10.2 Å². The smallest absolute Gasteiger partial charge is 0.321 e. The van der Waals surface area contributed by atoms with Gasteiger partial charge < -0.3 is 19.3 Å². The van der Waals surface area contributed by atoms with Crippen LogP contribution in [0.3, 0.4) is 0 Å². The predicted molar refractivity (Wildman–Crippen MR) is 128 cm³/mol. The van der Waals surface area contributed by atoms with Gasteiger partial charge in [0, 0.05) is 44.0 Å². The lowest BCUT2D eigenvalue weighted by atomic mass is 9.91. The summed E-state index contributed by atoms with van der Waals surface area (Å²) in [4.78, 5) is 45.1. The van der Waals surface area contributed by atoms with Gasteiger partial charge in [0.05, 0.1) is 18.6 Å². The highest BCUT2D eigenvalue weighted by molar-refractivity contribution is 6.08. The summed E-state index contributed by atoms with van der Waals surface area (Å²) in [5, 5.41) is 13.8. The van der Waals surface area contributed by atoms with E-state index < -0.39 is 28.8 Å². The summed E-state index contributed by atoms with van der Waals surface area (Å²) in [5.41, 5.74) is 1.52. The number of carbonyl (C=O) groups is 2. The minimum absolute atomic E-state index is 0.0828. The summed E-state index contributed by atoms with van der Waals surface area (Å²) in [7, 11) is 1.63. The van der Waals surface area contributed by atoms with Crippen molar-refractivity contribution in [2.45, 2.75) is 13.0 Å². The molecule has 184 valence electrons. The predicted octanol–water partition coefficient (Wildman–Crippen LogP) is 2.13. The van der Waals surface area contributed by atoms with E-state index in [9.17, 15) is 19.7 Å². The van der Waals surface area contributed by atoms with Gasteiger partial charge in [-0.2, -0.15) is 0 Å². The van der Waals surface area contributed by atoms with Crippen LogP contribution in [0.1, 0.15) is 18.5 Å². The van der Waals surface area contributed by atoms with Gasteiger partial charge in [0.25, 0.3) is 5.69 Å². The van der Waals surface area contributed by atoms with Crippen molar-refractivity contribution < 1.29 is 24.0 Å². The van der Waals surface area contributed by atoms with Crippen molar-refractivity contribution in [3.05, 3.63) is 64.2 Å². The van der Waals surface area contributed by atoms with Gasteiger partial charge in [0.2, 0.25) is 11.9 Å². The molecule has 1 saturated heterocycles. The summed E-state index contributed by atoms with van der Waals surface area (Å²) < 4.78 is 10.3. The monoisotopic (exact) mass is 481 g/mol. The number of nitro groups is 1. The lowest BCUT2D eigenvalue weighted by Gasteiger charge is -2.39. The molecule has 11 heteroatoms. The molecule has 0 aromatic heterocycles. The number of aliphatic imine (C=N–C) groups is 1. The Bertz CT molecular complexity index is 1110. The van der Waals surface area contributed by atoms with E-state index in [0.717, 1.165) is 11.4 Å². The number of hydrogen-bond acceptors (Lipinski definition) is 9.